The number of thiazole rings is 1. The Morgan fingerprint density at radius 3 is 2.42 bits per heavy atom. The quantitative estimate of drug-likeness (QED) is 0.632. The van der Waals surface area contributed by atoms with Crippen molar-refractivity contribution in [2.24, 2.45) is 0 Å². The van der Waals surface area contributed by atoms with Gasteiger partial charge >= 0.3 is 0 Å². The third kappa shape index (κ3) is 6.53. The highest BCUT2D eigenvalue weighted by Gasteiger charge is 2.11. The smallest absolute Gasteiger partial charge is 0.0946 e. The SMILES string of the molecule is CCCCCCCC(Cc1nc(C)c(C)s1)NCC. The number of unbranched alkanes of at least 4 members (excludes halogenated alkanes) is 4. The van der Waals surface area contributed by atoms with Crippen molar-refractivity contribution < 1.29 is 0 Å². The molecular weight excluding hydrogens is 252 g/mol. The number of likely N-dealkylation sites (N-methyl/N-ethyl adjacent to an activating group) is 1. The molecule has 1 aromatic heterocycles. The molecular formula is C16H30N2S. The molecule has 19 heavy (non-hydrogen) atoms. The van der Waals surface area contributed by atoms with Crippen molar-refractivity contribution in [1.29, 1.82) is 0 Å². The summed E-state index contributed by atoms with van der Waals surface area (Å²) in [6.45, 7) is 9.81. The van der Waals surface area contributed by atoms with E-state index in [2.05, 4.69) is 38.0 Å². The summed E-state index contributed by atoms with van der Waals surface area (Å²) in [5, 5.41) is 4.92. The van der Waals surface area contributed by atoms with Gasteiger partial charge in [0, 0.05) is 17.3 Å². The Kier molecular flexibility index (Phi) is 8.31. The molecule has 0 bridgehead atoms. The molecule has 3 heteroatoms. The second-order valence-corrected chi connectivity index (χ2v) is 6.70. The summed E-state index contributed by atoms with van der Waals surface area (Å²) in [5.74, 6) is 0. The molecule has 0 fully saturated rings. The Hall–Kier alpha value is -0.410. The Labute approximate surface area is 123 Å². The third-order valence-electron chi connectivity index (χ3n) is 3.64. The zero-order chi connectivity index (χ0) is 14.1. The molecule has 2 nitrogen and oxygen atoms in total. The second-order valence-electron chi connectivity index (χ2n) is 5.41. The summed E-state index contributed by atoms with van der Waals surface area (Å²) in [6, 6.07) is 0.608. The molecule has 1 unspecified atom stereocenters. The van der Waals surface area contributed by atoms with Gasteiger partial charge in [-0.3, -0.25) is 0 Å². The van der Waals surface area contributed by atoms with Gasteiger partial charge in [0.15, 0.2) is 0 Å². The predicted molar refractivity (Wildman–Crippen MR) is 86.1 cm³/mol. The first kappa shape index (κ1) is 16.6. The topological polar surface area (TPSA) is 24.9 Å². The molecule has 1 heterocycles. The fourth-order valence-corrected chi connectivity index (χ4v) is 3.41. The van der Waals surface area contributed by atoms with E-state index in [1.807, 2.05) is 11.3 Å². The van der Waals surface area contributed by atoms with Crippen LogP contribution in [-0.4, -0.2) is 17.6 Å². The highest BCUT2D eigenvalue weighted by atomic mass is 32.1. The number of hydrogen-bond acceptors (Lipinski definition) is 3. The standard InChI is InChI=1S/C16H30N2S/c1-5-7-8-9-10-11-15(17-6-2)12-16-18-13(3)14(4)19-16/h15,17H,5-12H2,1-4H3. The monoisotopic (exact) mass is 282 g/mol. The van der Waals surface area contributed by atoms with Crippen molar-refractivity contribution in [1.82, 2.24) is 10.3 Å². The Balaban J connectivity index is 2.35. The van der Waals surface area contributed by atoms with E-state index in [1.54, 1.807) is 0 Å². The summed E-state index contributed by atoms with van der Waals surface area (Å²) in [6.07, 6.45) is 9.22. The van der Waals surface area contributed by atoms with Crippen LogP contribution in [-0.2, 0) is 6.42 Å². The molecule has 0 aliphatic carbocycles. The summed E-state index contributed by atoms with van der Waals surface area (Å²) < 4.78 is 0. The molecule has 1 aromatic rings. The first-order valence-electron chi connectivity index (χ1n) is 7.83. The van der Waals surface area contributed by atoms with Gasteiger partial charge < -0.3 is 5.32 Å². The molecule has 0 spiro atoms. The maximum Gasteiger partial charge on any atom is 0.0946 e. The molecule has 1 N–H and O–H groups in total. The number of aryl methyl sites for hydroxylation is 2. The highest BCUT2D eigenvalue weighted by Crippen LogP contribution is 2.19. The van der Waals surface area contributed by atoms with Crippen LogP contribution >= 0.6 is 11.3 Å². The molecule has 0 amide bonds. The van der Waals surface area contributed by atoms with Gasteiger partial charge in [0.05, 0.1) is 10.7 Å². The molecule has 0 saturated carbocycles. The summed E-state index contributed by atoms with van der Waals surface area (Å²) >= 11 is 1.86. The molecule has 110 valence electrons. The van der Waals surface area contributed by atoms with Gasteiger partial charge in [-0.15, -0.1) is 11.3 Å². The third-order valence-corrected chi connectivity index (χ3v) is 4.74. The predicted octanol–water partition coefficient (Wildman–Crippen LogP) is 4.64. The van der Waals surface area contributed by atoms with Crippen LogP contribution in [0.25, 0.3) is 0 Å². The Bertz CT molecular complexity index is 327. The van der Waals surface area contributed by atoms with Crippen molar-refractivity contribution >= 4 is 11.3 Å². The minimum Gasteiger partial charge on any atom is -0.314 e. The van der Waals surface area contributed by atoms with Gasteiger partial charge in [-0.1, -0.05) is 46.0 Å². The maximum absolute atomic E-state index is 4.67. The van der Waals surface area contributed by atoms with E-state index < -0.39 is 0 Å². The lowest BCUT2D eigenvalue weighted by molar-refractivity contribution is 0.460. The van der Waals surface area contributed by atoms with Gasteiger partial charge in [0.25, 0.3) is 0 Å². The second kappa shape index (κ2) is 9.49. The minimum absolute atomic E-state index is 0.608. The first-order valence-corrected chi connectivity index (χ1v) is 8.65. The number of nitrogens with one attached hydrogen (secondary N) is 1. The van der Waals surface area contributed by atoms with Crippen molar-refractivity contribution in [2.75, 3.05) is 6.54 Å². The lowest BCUT2D eigenvalue weighted by Gasteiger charge is -2.16. The van der Waals surface area contributed by atoms with E-state index in [4.69, 9.17) is 0 Å². The summed E-state index contributed by atoms with van der Waals surface area (Å²) in [7, 11) is 0. The number of nitrogens with zero attached hydrogens (tertiary/aromatic N) is 1. The minimum atomic E-state index is 0.608. The van der Waals surface area contributed by atoms with Crippen molar-refractivity contribution in [3.05, 3.63) is 15.6 Å². The van der Waals surface area contributed by atoms with Crippen LogP contribution in [0.5, 0.6) is 0 Å². The number of hydrogen-bond donors (Lipinski definition) is 1. The van der Waals surface area contributed by atoms with Crippen molar-refractivity contribution in [2.45, 2.75) is 78.7 Å². The number of rotatable bonds is 10. The van der Waals surface area contributed by atoms with Crippen LogP contribution in [0, 0.1) is 13.8 Å². The molecule has 0 aromatic carbocycles. The highest BCUT2D eigenvalue weighted by molar-refractivity contribution is 7.11. The normalized spacial score (nSPS) is 12.8. The van der Waals surface area contributed by atoms with Crippen LogP contribution in [0.4, 0.5) is 0 Å². The van der Waals surface area contributed by atoms with Gasteiger partial charge in [-0.2, -0.15) is 0 Å². The maximum atomic E-state index is 4.67. The van der Waals surface area contributed by atoms with Crippen LogP contribution in [0.2, 0.25) is 0 Å². The van der Waals surface area contributed by atoms with Gasteiger partial charge in [0.2, 0.25) is 0 Å². The van der Waals surface area contributed by atoms with E-state index in [0.29, 0.717) is 6.04 Å². The largest absolute Gasteiger partial charge is 0.314 e. The van der Waals surface area contributed by atoms with E-state index in [9.17, 15) is 0 Å². The average molecular weight is 282 g/mol. The molecule has 0 aliphatic heterocycles. The van der Waals surface area contributed by atoms with E-state index >= 15 is 0 Å². The number of aromatic nitrogens is 1. The van der Waals surface area contributed by atoms with E-state index in [-0.39, 0.29) is 0 Å². The molecule has 1 rings (SSSR count). The summed E-state index contributed by atoms with van der Waals surface area (Å²) in [4.78, 5) is 6.04. The first-order chi connectivity index (χ1) is 9.17. The average Bonchev–Trinajstić information content (AvgIpc) is 2.68. The molecule has 0 radical (unpaired) electrons. The fraction of sp³-hybridized carbons (Fsp3) is 0.812. The van der Waals surface area contributed by atoms with E-state index in [0.717, 1.165) is 13.0 Å². The van der Waals surface area contributed by atoms with Crippen LogP contribution < -0.4 is 5.32 Å². The molecule has 1 atom stereocenters. The zero-order valence-corrected chi connectivity index (χ0v) is 13.9. The van der Waals surface area contributed by atoms with Gasteiger partial charge in [-0.25, -0.2) is 4.98 Å². The Morgan fingerprint density at radius 2 is 1.84 bits per heavy atom. The van der Waals surface area contributed by atoms with Crippen LogP contribution in [0.15, 0.2) is 0 Å². The van der Waals surface area contributed by atoms with Gasteiger partial charge in [0.1, 0.15) is 0 Å². The molecule has 0 aliphatic rings. The fourth-order valence-electron chi connectivity index (χ4n) is 2.40. The van der Waals surface area contributed by atoms with Crippen LogP contribution in [0.1, 0.15) is 68.0 Å². The van der Waals surface area contributed by atoms with E-state index in [1.165, 1.54) is 54.1 Å². The van der Waals surface area contributed by atoms with Gasteiger partial charge in [-0.05, 0) is 26.8 Å². The van der Waals surface area contributed by atoms with Crippen molar-refractivity contribution in [3.8, 4) is 0 Å². The Morgan fingerprint density at radius 1 is 1.11 bits per heavy atom. The lowest BCUT2D eigenvalue weighted by atomic mass is 10.0. The lowest BCUT2D eigenvalue weighted by Crippen LogP contribution is -2.30. The zero-order valence-electron chi connectivity index (χ0n) is 13.1. The summed E-state index contributed by atoms with van der Waals surface area (Å²) in [5.41, 5.74) is 1.21. The van der Waals surface area contributed by atoms with Crippen molar-refractivity contribution in [3.63, 3.8) is 0 Å². The van der Waals surface area contributed by atoms with Crippen LogP contribution in [0.3, 0.4) is 0 Å². The molecule has 0 saturated heterocycles.